The van der Waals surface area contributed by atoms with Crippen molar-refractivity contribution in [3.63, 3.8) is 0 Å². The second-order valence-corrected chi connectivity index (χ2v) is 2.72. The summed E-state index contributed by atoms with van der Waals surface area (Å²) in [4.78, 5) is 0. The second kappa shape index (κ2) is 6.67. The number of aryl methyl sites for hydroxylation is 2. The zero-order valence-corrected chi connectivity index (χ0v) is 9.09. The molecule has 1 nitrogen and oxygen atoms in total. The molecule has 0 radical (unpaired) electrons. The van der Waals surface area contributed by atoms with Crippen LogP contribution in [-0.4, -0.2) is 5.11 Å². The molecule has 1 aromatic rings. The molecule has 74 valence electrons. The molecule has 0 atom stereocenters. The van der Waals surface area contributed by atoms with Crippen LogP contribution in [0.2, 0.25) is 0 Å². The van der Waals surface area contributed by atoms with Crippen molar-refractivity contribution in [3.05, 3.63) is 34.9 Å². The van der Waals surface area contributed by atoms with Crippen molar-refractivity contribution < 1.29 is 5.11 Å². The Bertz CT molecular complexity index is 241. The van der Waals surface area contributed by atoms with Gasteiger partial charge in [-0.3, -0.25) is 0 Å². The van der Waals surface area contributed by atoms with Crippen molar-refractivity contribution in [2.24, 2.45) is 0 Å². The van der Waals surface area contributed by atoms with Crippen LogP contribution in [0.15, 0.2) is 18.2 Å². The molecule has 0 aliphatic rings. The number of hydrogen-bond donors (Lipinski definition) is 1. The summed E-state index contributed by atoms with van der Waals surface area (Å²) >= 11 is 0. The summed E-state index contributed by atoms with van der Waals surface area (Å²) in [7, 11) is 0. The highest BCUT2D eigenvalue weighted by molar-refractivity contribution is 5.33. The van der Waals surface area contributed by atoms with Gasteiger partial charge in [0, 0.05) is 0 Å². The lowest BCUT2D eigenvalue weighted by atomic mass is 10.0. The van der Waals surface area contributed by atoms with Gasteiger partial charge >= 0.3 is 0 Å². The van der Waals surface area contributed by atoms with Gasteiger partial charge in [0.05, 0.1) is 6.61 Å². The Labute approximate surface area is 81.4 Å². The third-order valence-corrected chi connectivity index (χ3v) is 2.05. The topological polar surface area (TPSA) is 20.2 Å². The molecule has 1 N–H and O–H groups in total. The smallest absolute Gasteiger partial charge is 0.0687 e. The van der Waals surface area contributed by atoms with Crippen LogP contribution in [-0.2, 0) is 13.0 Å². The van der Waals surface area contributed by atoms with E-state index >= 15 is 0 Å². The minimum Gasteiger partial charge on any atom is -0.392 e. The molecule has 0 aliphatic carbocycles. The first-order valence-electron chi connectivity index (χ1n) is 4.97. The summed E-state index contributed by atoms with van der Waals surface area (Å²) in [6, 6.07) is 6.14. The first-order valence-corrected chi connectivity index (χ1v) is 4.97. The van der Waals surface area contributed by atoms with E-state index in [4.69, 9.17) is 5.11 Å². The Morgan fingerprint density at radius 2 is 1.85 bits per heavy atom. The van der Waals surface area contributed by atoms with Crippen LogP contribution in [0.1, 0.15) is 37.5 Å². The fourth-order valence-corrected chi connectivity index (χ4v) is 1.32. The minimum atomic E-state index is 0.163. The highest BCUT2D eigenvalue weighted by Gasteiger charge is 2.00. The molecule has 0 amide bonds. The Morgan fingerprint density at radius 1 is 1.23 bits per heavy atom. The normalized spacial score (nSPS) is 9.00. The maximum absolute atomic E-state index is 9.03. The molecule has 0 spiro atoms. The van der Waals surface area contributed by atoms with Gasteiger partial charge in [0.25, 0.3) is 0 Å². The predicted octanol–water partition coefficient (Wildman–Crippen LogP) is 3.08. The third kappa shape index (κ3) is 3.19. The maximum atomic E-state index is 9.03. The minimum absolute atomic E-state index is 0.163. The Hall–Kier alpha value is -0.820. The lowest BCUT2D eigenvalue weighted by molar-refractivity contribution is 0.280. The summed E-state index contributed by atoms with van der Waals surface area (Å²) in [5, 5.41) is 9.03. The van der Waals surface area contributed by atoms with Gasteiger partial charge in [-0.1, -0.05) is 39.0 Å². The molecule has 0 saturated heterocycles. The van der Waals surface area contributed by atoms with Crippen molar-refractivity contribution in [1.29, 1.82) is 0 Å². The van der Waals surface area contributed by atoms with E-state index < -0.39 is 0 Å². The summed E-state index contributed by atoms with van der Waals surface area (Å²) < 4.78 is 0. The fourth-order valence-electron chi connectivity index (χ4n) is 1.32. The summed E-state index contributed by atoms with van der Waals surface area (Å²) in [5.74, 6) is 0. The predicted molar refractivity (Wildman–Crippen MR) is 57.8 cm³/mol. The maximum Gasteiger partial charge on any atom is 0.0687 e. The van der Waals surface area contributed by atoms with Crippen molar-refractivity contribution in [1.82, 2.24) is 0 Å². The number of benzene rings is 1. The van der Waals surface area contributed by atoms with Crippen LogP contribution in [0.3, 0.4) is 0 Å². The van der Waals surface area contributed by atoms with Crippen LogP contribution < -0.4 is 0 Å². The molecule has 0 aromatic heterocycles. The molecule has 0 aliphatic heterocycles. The van der Waals surface area contributed by atoms with Crippen LogP contribution in [0.25, 0.3) is 0 Å². The summed E-state index contributed by atoms with van der Waals surface area (Å²) in [6.45, 7) is 8.30. The van der Waals surface area contributed by atoms with Gasteiger partial charge in [0.1, 0.15) is 0 Å². The van der Waals surface area contributed by atoms with Crippen LogP contribution >= 0.6 is 0 Å². The van der Waals surface area contributed by atoms with E-state index in [9.17, 15) is 0 Å². The highest BCUT2D eigenvalue weighted by Crippen LogP contribution is 2.14. The van der Waals surface area contributed by atoms with E-state index in [1.165, 1.54) is 11.1 Å². The van der Waals surface area contributed by atoms with E-state index in [2.05, 4.69) is 13.0 Å². The standard InChI is InChI=1S/C10H14O.C2H6/c1-3-9-6-4-5-8(2)10(9)7-11;1-2/h4-6,11H,3,7H2,1-2H3;1-2H3. The van der Waals surface area contributed by atoms with E-state index in [1.54, 1.807) is 0 Å². The van der Waals surface area contributed by atoms with E-state index in [0.29, 0.717) is 0 Å². The Balaban J connectivity index is 0.000000671. The van der Waals surface area contributed by atoms with E-state index in [1.807, 2.05) is 32.9 Å². The quantitative estimate of drug-likeness (QED) is 0.741. The van der Waals surface area contributed by atoms with Gasteiger partial charge in [0.2, 0.25) is 0 Å². The molecule has 1 aromatic carbocycles. The van der Waals surface area contributed by atoms with Crippen LogP contribution in [0.5, 0.6) is 0 Å². The Morgan fingerprint density at radius 3 is 2.23 bits per heavy atom. The van der Waals surface area contributed by atoms with Gasteiger partial charge in [-0.05, 0) is 30.0 Å². The van der Waals surface area contributed by atoms with E-state index in [-0.39, 0.29) is 6.61 Å². The number of rotatable bonds is 2. The van der Waals surface area contributed by atoms with E-state index in [0.717, 1.165) is 12.0 Å². The molecule has 0 bridgehead atoms. The zero-order chi connectivity index (χ0) is 10.3. The largest absolute Gasteiger partial charge is 0.392 e. The van der Waals surface area contributed by atoms with Gasteiger partial charge in [0.15, 0.2) is 0 Å². The average Bonchev–Trinajstić information content (AvgIpc) is 2.20. The molecule has 0 fully saturated rings. The molecular formula is C12H20O. The van der Waals surface area contributed by atoms with Crippen molar-refractivity contribution in [3.8, 4) is 0 Å². The van der Waals surface area contributed by atoms with Gasteiger partial charge < -0.3 is 5.11 Å². The first kappa shape index (κ1) is 12.2. The number of hydrogen-bond acceptors (Lipinski definition) is 1. The average molecular weight is 180 g/mol. The second-order valence-electron chi connectivity index (χ2n) is 2.72. The first-order chi connectivity index (χ1) is 6.29. The highest BCUT2D eigenvalue weighted by atomic mass is 16.3. The van der Waals surface area contributed by atoms with Crippen molar-refractivity contribution in [2.45, 2.75) is 40.7 Å². The number of aliphatic hydroxyl groups is 1. The van der Waals surface area contributed by atoms with Crippen molar-refractivity contribution >= 4 is 0 Å². The monoisotopic (exact) mass is 180 g/mol. The summed E-state index contributed by atoms with van der Waals surface area (Å²) in [5.41, 5.74) is 3.54. The van der Waals surface area contributed by atoms with Gasteiger partial charge in [-0.15, -0.1) is 0 Å². The summed E-state index contributed by atoms with van der Waals surface area (Å²) in [6.07, 6.45) is 0.998. The third-order valence-electron chi connectivity index (χ3n) is 2.05. The van der Waals surface area contributed by atoms with Crippen molar-refractivity contribution in [2.75, 3.05) is 0 Å². The lowest BCUT2D eigenvalue weighted by Gasteiger charge is -2.07. The lowest BCUT2D eigenvalue weighted by Crippen LogP contribution is -1.94. The fraction of sp³-hybridized carbons (Fsp3) is 0.500. The molecular weight excluding hydrogens is 160 g/mol. The molecule has 0 heterocycles. The molecule has 1 heteroatoms. The SMILES string of the molecule is CC.CCc1cccc(C)c1CO. The van der Waals surface area contributed by atoms with Gasteiger partial charge in [-0.25, -0.2) is 0 Å². The van der Waals surface area contributed by atoms with Gasteiger partial charge in [-0.2, -0.15) is 0 Å². The molecule has 0 unspecified atom stereocenters. The molecule has 13 heavy (non-hydrogen) atoms. The van der Waals surface area contributed by atoms with Crippen LogP contribution in [0, 0.1) is 6.92 Å². The van der Waals surface area contributed by atoms with Crippen LogP contribution in [0.4, 0.5) is 0 Å². The molecule has 0 saturated carbocycles. The Kier molecular flexibility index (Phi) is 6.25. The number of aliphatic hydroxyl groups excluding tert-OH is 1. The molecule has 1 rings (SSSR count). The zero-order valence-electron chi connectivity index (χ0n) is 9.09.